The molecule has 0 saturated heterocycles. The van der Waals surface area contributed by atoms with E-state index in [-0.39, 0.29) is 0 Å². The molecule has 0 aliphatic carbocycles. The molecule has 0 fully saturated rings. The van der Waals surface area contributed by atoms with Crippen LogP contribution in [-0.2, 0) is 6.04 Å². The number of hydrogen-bond donors (Lipinski definition) is 0. The first-order valence-corrected chi connectivity index (χ1v) is 12.1. The molecule has 0 aliphatic heterocycles. The van der Waals surface area contributed by atoms with Gasteiger partial charge in [-0.1, -0.05) is 101 Å². The van der Waals surface area contributed by atoms with Crippen LogP contribution in [0.25, 0.3) is 21.7 Å². The van der Waals surface area contributed by atoms with Crippen molar-refractivity contribution in [2.24, 2.45) is 0 Å². The number of fused-ring (bicyclic) bond motifs is 3. The van der Waals surface area contributed by atoms with Crippen molar-refractivity contribution in [2.45, 2.75) is 64.2 Å². The van der Waals surface area contributed by atoms with Crippen LogP contribution in [0, 0.1) is 0 Å². The summed E-state index contributed by atoms with van der Waals surface area (Å²) in [6.45, 7) is 14.6. The van der Waals surface area contributed by atoms with E-state index in [9.17, 15) is 0 Å². The van der Waals surface area contributed by atoms with Crippen molar-refractivity contribution in [3.8, 4) is 0 Å². The van der Waals surface area contributed by atoms with Crippen LogP contribution >= 0.6 is 0 Å². The topological polar surface area (TPSA) is 12.9 Å². The summed E-state index contributed by atoms with van der Waals surface area (Å²) >= 11 is 0. The molecule has 0 N–H and O–H groups in total. The minimum absolute atomic E-state index is 0.750. The Labute approximate surface area is 153 Å². The molecule has 0 bridgehead atoms. The van der Waals surface area contributed by atoms with E-state index in [0.29, 0.717) is 0 Å². The summed E-state index contributed by atoms with van der Waals surface area (Å²) in [6, 6.07) is 18.6. The first-order chi connectivity index (χ1) is 11.9. The maximum Gasteiger partial charge on any atom is 0.0711 e. The molecule has 0 saturated carbocycles. The third kappa shape index (κ3) is 3.01. The van der Waals surface area contributed by atoms with E-state index in [1.165, 1.54) is 27.9 Å². The summed E-state index contributed by atoms with van der Waals surface area (Å²) in [4.78, 5) is 5.17. The summed E-state index contributed by atoms with van der Waals surface area (Å²) in [6.07, 6.45) is 0. The molecule has 1 heterocycles. The van der Waals surface area contributed by atoms with Gasteiger partial charge in [0, 0.05) is 16.5 Å². The van der Waals surface area contributed by atoms with Crippen molar-refractivity contribution in [3.63, 3.8) is 0 Å². The van der Waals surface area contributed by atoms with Crippen molar-refractivity contribution in [1.82, 2.24) is 4.98 Å². The van der Waals surface area contributed by atoms with E-state index in [1.54, 1.807) is 0 Å². The van der Waals surface area contributed by atoms with Gasteiger partial charge in [-0.3, -0.25) is 4.98 Å². The molecule has 1 nitrogen and oxygen atoms in total. The van der Waals surface area contributed by atoms with Crippen molar-refractivity contribution in [1.29, 1.82) is 0 Å². The second-order valence-corrected chi connectivity index (χ2v) is 14.4. The lowest BCUT2D eigenvalue weighted by Crippen LogP contribution is -2.47. The Balaban J connectivity index is 2.26. The van der Waals surface area contributed by atoms with Crippen LogP contribution in [0.3, 0.4) is 0 Å². The molecular formula is C23H31NSi. The average Bonchev–Trinajstić information content (AvgIpc) is 2.58. The lowest BCUT2D eigenvalue weighted by molar-refractivity contribution is 0.795. The highest BCUT2D eigenvalue weighted by atomic mass is 28.3. The molecule has 25 heavy (non-hydrogen) atoms. The van der Waals surface area contributed by atoms with Crippen LogP contribution < -0.4 is 0 Å². The standard InChI is InChI=1S/C23H31NSi/c1-16(2)25(17(3)4,18(5)6)15-23-21-13-8-7-11-19(21)20-12-9-10-14-22(20)24-23/h7-14,16-18H,15H2,1-6H3. The van der Waals surface area contributed by atoms with Crippen LogP contribution in [0.15, 0.2) is 48.5 Å². The number of benzene rings is 2. The van der Waals surface area contributed by atoms with E-state index < -0.39 is 8.07 Å². The first kappa shape index (κ1) is 18.1. The smallest absolute Gasteiger partial charge is 0.0711 e. The lowest BCUT2D eigenvalue weighted by atomic mass is 10.0. The van der Waals surface area contributed by atoms with Crippen LogP contribution in [-0.4, -0.2) is 13.1 Å². The zero-order chi connectivity index (χ0) is 18.2. The predicted octanol–water partition coefficient (Wildman–Crippen LogP) is 7.15. The molecule has 0 unspecified atom stereocenters. The molecule has 0 spiro atoms. The summed E-state index contributed by atoms with van der Waals surface area (Å²) in [5, 5.41) is 3.97. The fraction of sp³-hybridized carbons (Fsp3) is 0.435. The Kier molecular flexibility index (Phi) is 5.01. The Morgan fingerprint density at radius 3 is 1.72 bits per heavy atom. The monoisotopic (exact) mass is 349 g/mol. The second kappa shape index (κ2) is 6.91. The van der Waals surface area contributed by atoms with Crippen molar-refractivity contribution >= 4 is 29.7 Å². The van der Waals surface area contributed by atoms with E-state index in [1.807, 2.05) is 0 Å². The molecule has 3 rings (SSSR count). The maximum atomic E-state index is 5.17. The summed E-state index contributed by atoms with van der Waals surface area (Å²) in [7, 11) is -1.54. The molecule has 0 amide bonds. The third-order valence-electron chi connectivity index (χ3n) is 6.39. The van der Waals surface area contributed by atoms with Crippen LogP contribution in [0.5, 0.6) is 0 Å². The predicted molar refractivity (Wildman–Crippen MR) is 114 cm³/mol. The SMILES string of the molecule is CC(C)[Si](Cc1nc2ccccc2c2ccccc12)(C(C)C)C(C)C. The third-order valence-corrected chi connectivity index (χ3v) is 13.8. The fourth-order valence-electron chi connectivity index (χ4n) is 5.01. The van der Waals surface area contributed by atoms with Gasteiger partial charge in [0.1, 0.15) is 0 Å². The van der Waals surface area contributed by atoms with E-state index in [2.05, 4.69) is 90.1 Å². The minimum Gasteiger partial charge on any atom is -0.252 e. The van der Waals surface area contributed by atoms with E-state index in [0.717, 1.165) is 22.1 Å². The zero-order valence-corrected chi connectivity index (χ0v) is 17.5. The van der Waals surface area contributed by atoms with Crippen molar-refractivity contribution in [3.05, 3.63) is 54.2 Å². The van der Waals surface area contributed by atoms with E-state index >= 15 is 0 Å². The Hall–Kier alpha value is -1.67. The average molecular weight is 350 g/mol. The highest BCUT2D eigenvalue weighted by Gasteiger charge is 2.43. The summed E-state index contributed by atoms with van der Waals surface area (Å²) in [5.74, 6) is 0. The molecule has 2 aromatic carbocycles. The van der Waals surface area contributed by atoms with Crippen LogP contribution in [0.4, 0.5) is 0 Å². The zero-order valence-electron chi connectivity index (χ0n) is 16.5. The van der Waals surface area contributed by atoms with Crippen molar-refractivity contribution in [2.75, 3.05) is 0 Å². The number of hydrogen-bond acceptors (Lipinski definition) is 1. The van der Waals surface area contributed by atoms with Gasteiger partial charge in [-0.25, -0.2) is 0 Å². The summed E-state index contributed by atoms with van der Waals surface area (Å²) in [5.41, 5.74) is 4.70. The van der Waals surface area contributed by atoms with Gasteiger partial charge in [-0.15, -0.1) is 0 Å². The number of para-hydroxylation sites is 1. The normalized spacial score (nSPS) is 12.8. The minimum atomic E-state index is -1.54. The largest absolute Gasteiger partial charge is 0.252 e. The molecule has 1 aromatic heterocycles. The lowest BCUT2D eigenvalue weighted by Gasteiger charge is -2.43. The van der Waals surface area contributed by atoms with Gasteiger partial charge < -0.3 is 0 Å². The van der Waals surface area contributed by atoms with Crippen molar-refractivity contribution < 1.29 is 0 Å². The molecular weight excluding hydrogens is 318 g/mol. The van der Waals surface area contributed by atoms with Crippen LogP contribution in [0.1, 0.15) is 47.2 Å². The number of nitrogens with zero attached hydrogens (tertiary/aromatic N) is 1. The second-order valence-electron chi connectivity index (χ2n) is 8.37. The Morgan fingerprint density at radius 1 is 0.680 bits per heavy atom. The number of pyridine rings is 1. The maximum absolute atomic E-state index is 5.17. The molecule has 132 valence electrons. The van der Waals surface area contributed by atoms with Gasteiger partial charge in [0.2, 0.25) is 0 Å². The number of aromatic nitrogens is 1. The molecule has 2 heteroatoms. The van der Waals surface area contributed by atoms with Gasteiger partial charge in [0.25, 0.3) is 0 Å². The fourth-order valence-corrected chi connectivity index (χ4v) is 11.1. The highest BCUT2D eigenvalue weighted by Crippen LogP contribution is 2.44. The number of rotatable bonds is 5. The molecule has 3 aromatic rings. The molecule has 0 atom stereocenters. The van der Waals surface area contributed by atoms with Gasteiger partial charge in [-0.05, 0) is 17.5 Å². The highest BCUT2D eigenvalue weighted by molar-refractivity contribution is 6.83. The van der Waals surface area contributed by atoms with Gasteiger partial charge >= 0.3 is 0 Å². The Bertz CT molecular complexity index is 858. The van der Waals surface area contributed by atoms with Gasteiger partial charge in [-0.2, -0.15) is 0 Å². The van der Waals surface area contributed by atoms with Crippen LogP contribution in [0.2, 0.25) is 16.6 Å². The van der Waals surface area contributed by atoms with Gasteiger partial charge in [0.05, 0.1) is 13.6 Å². The van der Waals surface area contributed by atoms with Gasteiger partial charge in [0.15, 0.2) is 0 Å². The Morgan fingerprint density at radius 2 is 1.16 bits per heavy atom. The molecule has 0 aliphatic rings. The van der Waals surface area contributed by atoms with E-state index in [4.69, 9.17) is 4.98 Å². The summed E-state index contributed by atoms with van der Waals surface area (Å²) < 4.78 is 0. The molecule has 0 radical (unpaired) electrons. The first-order valence-electron chi connectivity index (χ1n) is 9.64. The quantitative estimate of drug-likeness (QED) is 0.352.